The van der Waals surface area contributed by atoms with Gasteiger partial charge in [-0.25, -0.2) is 0 Å². The molecule has 1 aliphatic carbocycles. The molecule has 1 aliphatic heterocycles. The lowest BCUT2D eigenvalue weighted by atomic mass is 9.72. The van der Waals surface area contributed by atoms with Crippen LogP contribution < -0.4 is 5.32 Å². The van der Waals surface area contributed by atoms with E-state index in [4.69, 9.17) is 0 Å². The van der Waals surface area contributed by atoms with Crippen molar-refractivity contribution in [1.82, 2.24) is 10.2 Å². The molecule has 1 N–H and O–H groups in total. The third kappa shape index (κ3) is 3.27. The van der Waals surface area contributed by atoms with Crippen LogP contribution in [0, 0.1) is 11.3 Å². The topological polar surface area (TPSA) is 15.3 Å². The molecule has 2 aliphatic rings. The highest BCUT2D eigenvalue weighted by atomic mass is 15.2. The molecule has 0 aromatic carbocycles. The van der Waals surface area contributed by atoms with Crippen molar-refractivity contribution in [2.45, 2.75) is 71.4 Å². The first-order valence-electron chi connectivity index (χ1n) is 7.97. The number of likely N-dealkylation sites (tertiary alicyclic amines) is 1. The molecular weight excluding hydrogens is 220 g/mol. The molecule has 0 bridgehead atoms. The highest BCUT2D eigenvalue weighted by Gasteiger charge is 2.38. The summed E-state index contributed by atoms with van der Waals surface area (Å²) in [5, 5.41) is 3.57. The summed E-state index contributed by atoms with van der Waals surface area (Å²) in [5.41, 5.74) is 0.541. The van der Waals surface area contributed by atoms with E-state index in [2.05, 4.69) is 38.0 Å². The average Bonchev–Trinajstić information content (AvgIpc) is 2.38. The third-order valence-electron chi connectivity index (χ3n) is 5.42. The molecule has 106 valence electrons. The molecule has 0 aromatic rings. The lowest BCUT2D eigenvalue weighted by Crippen LogP contribution is -2.55. The van der Waals surface area contributed by atoms with Crippen molar-refractivity contribution in [1.29, 1.82) is 0 Å². The smallest absolute Gasteiger partial charge is 0.0254 e. The van der Waals surface area contributed by atoms with Gasteiger partial charge in [0.05, 0.1) is 0 Å². The van der Waals surface area contributed by atoms with Crippen LogP contribution in [0.25, 0.3) is 0 Å². The predicted molar refractivity (Wildman–Crippen MR) is 78.9 cm³/mol. The second-order valence-electron chi connectivity index (χ2n) is 7.26. The van der Waals surface area contributed by atoms with Gasteiger partial charge in [-0.1, -0.05) is 27.2 Å². The lowest BCUT2D eigenvalue weighted by Gasteiger charge is -2.48. The first kappa shape index (κ1) is 14.3. The van der Waals surface area contributed by atoms with Crippen LogP contribution in [-0.2, 0) is 0 Å². The third-order valence-corrected chi connectivity index (χ3v) is 5.42. The van der Waals surface area contributed by atoms with Gasteiger partial charge in [-0.05, 0) is 63.6 Å². The Kier molecular flexibility index (Phi) is 4.71. The van der Waals surface area contributed by atoms with Gasteiger partial charge in [0, 0.05) is 12.1 Å². The van der Waals surface area contributed by atoms with Crippen molar-refractivity contribution in [3.05, 3.63) is 0 Å². The number of rotatable bonds is 3. The van der Waals surface area contributed by atoms with Gasteiger partial charge in [0.25, 0.3) is 0 Å². The summed E-state index contributed by atoms with van der Waals surface area (Å²) in [4.78, 5) is 2.79. The molecule has 2 nitrogen and oxygen atoms in total. The minimum atomic E-state index is 0.541. The second kappa shape index (κ2) is 5.92. The van der Waals surface area contributed by atoms with Gasteiger partial charge >= 0.3 is 0 Å². The number of piperidine rings is 1. The maximum atomic E-state index is 3.57. The van der Waals surface area contributed by atoms with Crippen molar-refractivity contribution in [3.8, 4) is 0 Å². The van der Waals surface area contributed by atoms with Crippen LogP contribution in [0.2, 0.25) is 0 Å². The monoisotopic (exact) mass is 252 g/mol. The number of hydrogen-bond acceptors (Lipinski definition) is 2. The molecule has 0 spiro atoms. The summed E-state index contributed by atoms with van der Waals surface area (Å²) in [6, 6.07) is 1.49. The molecular formula is C16H32N2. The van der Waals surface area contributed by atoms with Crippen molar-refractivity contribution in [2.75, 3.05) is 20.1 Å². The zero-order valence-electron chi connectivity index (χ0n) is 12.8. The highest BCUT2D eigenvalue weighted by Crippen LogP contribution is 2.38. The van der Waals surface area contributed by atoms with Gasteiger partial charge in [-0.15, -0.1) is 0 Å². The Labute approximate surface area is 114 Å². The normalized spacial score (nSPS) is 34.7. The van der Waals surface area contributed by atoms with Crippen LogP contribution in [0.4, 0.5) is 0 Å². The van der Waals surface area contributed by atoms with Crippen molar-refractivity contribution in [3.63, 3.8) is 0 Å². The number of nitrogens with one attached hydrogen (secondary N) is 1. The molecule has 2 unspecified atom stereocenters. The molecule has 2 rings (SSSR count). The fourth-order valence-corrected chi connectivity index (χ4v) is 3.96. The Morgan fingerprint density at radius 3 is 2.39 bits per heavy atom. The van der Waals surface area contributed by atoms with E-state index in [0.717, 1.165) is 18.0 Å². The fraction of sp³-hybridized carbons (Fsp3) is 1.00. The molecule has 0 radical (unpaired) electrons. The molecule has 0 aromatic heterocycles. The Balaban J connectivity index is 1.96. The zero-order chi connectivity index (χ0) is 13.2. The Hall–Kier alpha value is -0.0800. The SMILES string of the molecule is CCC1CCN(C2CC(C)(C)CCC2NC)CC1. The van der Waals surface area contributed by atoms with Crippen molar-refractivity contribution >= 4 is 0 Å². The Bertz CT molecular complexity index is 254. The fourth-order valence-electron chi connectivity index (χ4n) is 3.96. The molecule has 1 saturated heterocycles. The van der Waals surface area contributed by atoms with Gasteiger partial charge < -0.3 is 5.32 Å². The lowest BCUT2D eigenvalue weighted by molar-refractivity contribution is 0.0431. The summed E-state index contributed by atoms with van der Waals surface area (Å²) in [5.74, 6) is 0.992. The van der Waals surface area contributed by atoms with Crippen LogP contribution in [0.5, 0.6) is 0 Å². The molecule has 18 heavy (non-hydrogen) atoms. The summed E-state index contributed by atoms with van der Waals surface area (Å²) < 4.78 is 0. The zero-order valence-corrected chi connectivity index (χ0v) is 12.8. The highest BCUT2D eigenvalue weighted by molar-refractivity contribution is 4.95. The van der Waals surface area contributed by atoms with Crippen LogP contribution in [0.15, 0.2) is 0 Å². The minimum Gasteiger partial charge on any atom is -0.315 e. The number of nitrogens with zero attached hydrogens (tertiary/aromatic N) is 1. The summed E-state index contributed by atoms with van der Waals surface area (Å²) in [6.45, 7) is 9.91. The van der Waals surface area contributed by atoms with Crippen LogP contribution in [0.3, 0.4) is 0 Å². The molecule has 0 amide bonds. The van der Waals surface area contributed by atoms with Crippen LogP contribution in [-0.4, -0.2) is 37.1 Å². The van der Waals surface area contributed by atoms with Gasteiger partial charge in [-0.2, -0.15) is 0 Å². The summed E-state index contributed by atoms with van der Waals surface area (Å²) >= 11 is 0. The van der Waals surface area contributed by atoms with E-state index in [9.17, 15) is 0 Å². The summed E-state index contributed by atoms with van der Waals surface area (Å²) in [7, 11) is 2.15. The van der Waals surface area contributed by atoms with Crippen molar-refractivity contribution < 1.29 is 0 Å². The Morgan fingerprint density at radius 1 is 1.17 bits per heavy atom. The van der Waals surface area contributed by atoms with E-state index in [1.807, 2.05) is 0 Å². The first-order chi connectivity index (χ1) is 8.55. The molecule has 1 saturated carbocycles. The number of likely N-dealkylation sites (N-methyl/N-ethyl adjacent to an activating group) is 1. The maximum absolute atomic E-state index is 3.57. The van der Waals surface area contributed by atoms with E-state index in [1.165, 1.54) is 51.6 Å². The van der Waals surface area contributed by atoms with Gasteiger partial charge in [0.2, 0.25) is 0 Å². The summed E-state index contributed by atoms with van der Waals surface area (Å²) in [6.07, 6.45) is 8.31. The quantitative estimate of drug-likeness (QED) is 0.829. The van der Waals surface area contributed by atoms with Crippen LogP contribution >= 0.6 is 0 Å². The van der Waals surface area contributed by atoms with E-state index < -0.39 is 0 Å². The van der Waals surface area contributed by atoms with Gasteiger partial charge in [0.15, 0.2) is 0 Å². The number of hydrogen-bond donors (Lipinski definition) is 1. The van der Waals surface area contributed by atoms with Crippen molar-refractivity contribution in [2.24, 2.45) is 11.3 Å². The molecule has 2 heteroatoms. The predicted octanol–water partition coefficient (Wildman–Crippen LogP) is 3.28. The first-order valence-corrected chi connectivity index (χ1v) is 7.97. The standard InChI is InChI=1S/C16H32N2/c1-5-13-7-10-18(11-8-13)15-12-16(2,3)9-6-14(15)17-4/h13-15,17H,5-12H2,1-4H3. The Morgan fingerprint density at radius 2 is 1.83 bits per heavy atom. The maximum Gasteiger partial charge on any atom is 0.0254 e. The van der Waals surface area contributed by atoms with Gasteiger partial charge in [0.1, 0.15) is 0 Å². The second-order valence-corrected chi connectivity index (χ2v) is 7.26. The molecule has 2 fully saturated rings. The van der Waals surface area contributed by atoms with E-state index in [1.54, 1.807) is 0 Å². The molecule has 2 atom stereocenters. The van der Waals surface area contributed by atoms with Crippen LogP contribution in [0.1, 0.15) is 59.3 Å². The average molecular weight is 252 g/mol. The van der Waals surface area contributed by atoms with E-state index in [-0.39, 0.29) is 0 Å². The van der Waals surface area contributed by atoms with E-state index >= 15 is 0 Å². The van der Waals surface area contributed by atoms with E-state index in [0.29, 0.717) is 5.41 Å². The van der Waals surface area contributed by atoms with Gasteiger partial charge in [-0.3, -0.25) is 4.90 Å². The molecule has 1 heterocycles. The largest absolute Gasteiger partial charge is 0.315 e. The minimum absolute atomic E-state index is 0.541.